The Kier molecular flexibility index (Phi) is 4.42. The van der Waals surface area contributed by atoms with E-state index in [1.807, 2.05) is 23.6 Å². The first kappa shape index (κ1) is 15.9. The van der Waals surface area contributed by atoms with Crippen molar-refractivity contribution in [1.29, 1.82) is 5.26 Å². The minimum atomic E-state index is 0.0590. The van der Waals surface area contributed by atoms with Gasteiger partial charge in [-0.2, -0.15) is 5.26 Å². The molecule has 8 nitrogen and oxygen atoms in total. The Labute approximate surface area is 139 Å². The lowest BCUT2D eigenvalue weighted by Gasteiger charge is -2.35. The zero-order valence-electron chi connectivity index (χ0n) is 13.7. The number of anilines is 1. The standard InChI is InChI=1S/C16H18N6O2/c1-11-13(12(2)24-20-11)9-15(23)21-5-7-22(8-6-21)16-14(10-17)18-3-4-19-16/h3-4H,5-9H2,1-2H3. The lowest BCUT2D eigenvalue weighted by atomic mass is 10.1. The molecule has 24 heavy (non-hydrogen) atoms. The van der Waals surface area contributed by atoms with Crippen LogP contribution in [0.1, 0.15) is 22.7 Å². The number of carbonyl (C=O) groups excluding carboxylic acids is 1. The van der Waals surface area contributed by atoms with Crippen molar-refractivity contribution in [1.82, 2.24) is 20.0 Å². The molecule has 0 atom stereocenters. The third-order valence-corrected chi connectivity index (χ3v) is 4.23. The predicted octanol–water partition coefficient (Wildman–Crippen LogP) is 0.844. The van der Waals surface area contributed by atoms with Crippen molar-refractivity contribution in [2.45, 2.75) is 20.3 Å². The van der Waals surface area contributed by atoms with Crippen molar-refractivity contribution in [2.24, 2.45) is 0 Å². The number of amides is 1. The van der Waals surface area contributed by atoms with E-state index in [1.54, 1.807) is 6.20 Å². The second kappa shape index (κ2) is 6.66. The van der Waals surface area contributed by atoms with E-state index in [1.165, 1.54) is 6.20 Å². The molecule has 2 aromatic rings. The average molecular weight is 326 g/mol. The Morgan fingerprint density at radius 3 is 2.58 bits per heavy atom. The predicted molar refractivity (Wildman–Crippen MR) is 85.2 cm³/mol. The third kappa shape index (κ3) is 3.06. The number of nitriles is 1. The third-order valence-electron chi connectivity index (χ3n) is 4.23. The monoisotopic (exact) mass is 326 g/mol. The first-order valence-corrected chi connectivity index (χ1v) is 7.75. The number of aromatic nitrogens is 3. The van der Waals surface area contributed by atoms with Crippen LogP contribution < -0.4 is 4.90 Å². The van der Waals surface area contributed by atoms with Gasteiger partial charge in [0.05, 0.1) is 12.1 Å². The van der Waals surface area contributed by atoms with Crippen LogP contribution in [0, 0.1) is 25.2 Å². The van der Waals surface area contributed by atoms with Gasteiger partial charge in [0.15, 0.2) is 11.5 Å². The summed E-state index contributed by atoms with van der Waals surface area (Å²) in [6, 6.07) is 2.06. The first-order valence-electron chi connectivity index (χ1n) is 7.75. The molecule has 0 radical (unpaired) electrons. The van der Waals surface area contributed by atoms with Gasteiger partial charge in [0.2, 0.25) is 5.91 Å². The molecule has 1 fully saturated rings. The van der Waals surface area contributed by atoms with E-state index < -0.39 is 0 Å². The van der Waals surface area contributed by atoms with E-state index in [9.17, 15) is 4.79 Å². The largest absolute Gasteiger partial charge is 0.361 e. The molecule has 0 spiro atoms. The van der Waals surface area contributed by atoms with Gasteiger partial charge in [-0.1, -0.05) is 5.16 Å². The maximum absolute atomic E-state index is 12.5. The van der Waals surface area contributed by atoms with Gasteiger partial charge in [0.1, 0.15) is 11.8 Å². The molecule has 124 valence electrons. The maximum atomic E-state index is 12.5. The highest BCUT2D eigenvalue weighted by atomic mass is 16.5. The Morgan fingerprint density at radius 1 is 1.25 bits per heavy atom. The lowest BCUT2D eigenvalue weighted by molar-refractivity contribution is -0.130. The van der Waals surface area contributed by atoms with Gasteiger partial charge in [0.25, 0.3) is 0 Å². The van der Waals surface area contributed by atoms with Crippen LogP contribution in [0.5, 0.6) is 0 Å². The number of hydrogen-bond donors (Lipinski definition) is 0. The fourth-order valence-corrected chi connectivity index (χ4v) is 2.83. The van der Waals surface area contributed by atoms with Gasteiger partial charge in [0, 0.05) is 44.1 Å². The van der Waals surface area contributed by atoms with Crippen molar-refractivity contribution in [2.75, 3.05) is 31.1 Å². The molecular formula is C16H18N6O2. The van der Waals surface area contributed by atoms with Crippen molar-refractivity contribution in [3.63, 3.8) is 0 Å². The van der Waals surface area contributed by atoms with E-state index in [4.69, 9.17) is 9.78 Å². The van der Waals surface area contributed by atoms with E-state index in [2.05, 4.69) is 21.2 Å². The molecule has 0 unspecified atom stereocenters. The number of hydrogen-bond acceptors (Lipinski definition) is 7. The second-order valence-corrected chi connectivity index (χ2v) is 5.69. The molecule has 3 rings (SSSR count). The van der Waals surface area contributed by atoms with E-state index >= 15 is 0 Å². The van der Waals surface area contributed by atoms with Crippen LogP contribution in [-0.2, 0) is 11.2 Å². The molecule has 0 aliphatic carbocycles. The van der Waals surface area contributed by atoms with Crippen LogP contribution in [0.15, 0.2) is 16.9 Å². The Bertz CT molecular complexity index is 767. The maximum Gasteiger partial charge on any atom is 0.227 e. The molecule has 3 heterocycles. The van der Waals surface area contributed by atoms with Gasteiger partial charge in [-0.05, 0) is 13.8 Å². The molecule has 0 saturated carbocycles. The van der Waals surface area contributed by atoms with E-state index in [0.29, 0.717) is 49.9 Å². The summed E-state index contributed by atoms with van der Waals surface area (Å²) >= 11 is 0. The fraction of sp³-hybridized carbons (Fsp3) is 0.438. The van der Waals surface area contributed by atoms with Crippen LogP contribution >= 0.6 is 0 Å². The van der Waals surface area contributed by atoms with Gasteiger partial charge < -0.3 is 14.3 Å². The minimum absolute atomic E-state index is 0.0590. The second-order valence-electron chi connectivity index (χ2n) is 5.69. The number of nitrogens with zero attached hydrogens (tertiary/aromatic N) is 6. The van der Waals surface area contributed by atoms with Gasteiger partial charge in [-0.3, -0.25) is 4.79 Å². The van der Waals surface area contributed by atoms with Crippen molar-refractivity contribution in [3.8, 4) is 6.07 Å². The van der Waals surface area contributed by atoms with Gasteiger partial charge in [-0.15, -0.1) is 0 Å². The molecule has 1 aliphatic rings. The van der Waals surface area contributed by atoms with E-state index in [-0.39, 0.29) is 5.91 Å². The summed E-state index contributed by atoms with van der Waals surface area (Å²) in [5, 5.41) is 13.0. The summed E-state index contributed by atoms with van der Waals surface area (Å²) in [6.07, 6.45) is 3.38. The molecule has 1 amide bonds. The highest BCUT2D eigenvalue weighted by Crippen LogP contribution is 2.18. The van der Waals surface area contributed by atoms with Crippen LogP contribution in [0.3, 0.4) is 0 Å². The Balaban J connectivity index is 1.63. The number of aryl methyl sites for hydroxylation is 2. The van der Waals surface area contributed by atoms with Crippen LogP contribution in [0.4, 0.5) is 5.82 Å². The van der Waals surface area contributed by atoms with E-state index in [0.717, 1.165) is 11.3 Å². The SMILES string of the molecule is Cc1noc(C)c1CC(=O)N1CCN(c2nccnc2C#N)CC1. The highest BCUT2D eigenvalue weighted by molar-refractivity contribution is 5.79. The summed E-state index contributed by atoms with van der Waals surface area (Å²) in [5.41, 5.74) is 1.94. The molecular weight excluding hydrogens is 308 g/mol. The fourth-order valence-electron chi connectivity index (χ4n) is 2.83. The van der Waals surface area contributed by atoms with Crippen molar-refractivity contribution >= 4 is 11.7 Å². The highest BCUT2D eigenvalue weighted by Gasteiger charge is 2.25. The molecule has 0 aromatic carbocycles. The lowest BCUT2D eigenvalue weighted by Crippen LogP contribution is -2.49. The molecule has 8 heteroatoms. The summed E-state index contributed by atoms with van der Waals surface area (Å²) in [6.45, 7) is 6.08. The molecule has 0 bridgehead atoms. The van der Waals surface area contributed by atoms with Crippen LogP contribution in [0.2, 0.25) is 0 Å². The van der Waals surface area contributed by atoms with Crippen LogP contribution in [0.25, 0.3) is 0 Å². The summed E-state index contributed by atoms with van der Waals surface area (Å²) in [5.74, 6) is 1.33. The molecule has 1 saturated heterocycles. The summed E-state index contributed by atoms with van der Waals surface area (Å²) in [7, 11) is 0. The van der Waals surface area contributed by atoms with Crippen molar-refractivity contribution in [3.05, 3.63) is 35.1 Å². The first-order chi connectivity index (χ1) is 11.6. The zero-order valence-corrected chi connectivity index (χ0v) is 13.7. The minimum Gasteiger partial charge on any atom is -0.361 e. The normalized spacial score (nSPS) is 14.5. The average Bonchev–Trinajstić information content (AvgIpc) is 2.93. The quantitative estimate of drug-likeness (QED) is 0.824. The smallest absolute Gasteiger partial charge is 0.227 e. The Morgan fingerprint density at radius 2 is 1.96 bits per heavy atom. The molecule has 2 aromatic heterocycles. The number of rotatable bonds is 3. The van der Waals surface area contributed by atoms with Crippen molar-refractivity contribution < 1.29 is 9.32 Å². The zero-order chi connectivity index (χ0) is 17.1. The summed E-state index contributed by atoms with van der Waals surface area (Å²) in [4.78, 5) is 24.6. The summed E-state index contributed by atoms with van der Waals surface area (Å²) < 4.78 is 5.11. The number of carbonyl (C=O) groups is 1. The molecule has 1 aliphatic heterocycles. The van der Waals surface area contributed by atoms with Gasteiger partial charge in [-0.25, -0.2) is 9.97 Å². The Hall–Kier alpha value is -2.95. The topological polar surface area (TPSA) is 99.2 Å². The van der Waals surface area contributed by atoms with Crippen LogP contribution in [-0.4, -0.2) is 52.1 Å². The number of piperazine rings is 1. The van der Waals surface area contributed by atoms with Gasteiger partial charge >= 0.3 is 0 Å². The molecule has 0 N–H and O–H groups in total.